The summed E-state index contributed by atoms with van der Waals surface area (Å²) >= 11 is 0. The van der Waals surface area contributed by atoms with E-state index in [0.29, 0.717) is 26.4 Å². The van der Waals surface area contributed by atoms with Crippen LogP contribution in [-0.4, -0.2) is 61.9 Å². The van der Waals surface area contributed by atoms with Gasteiger partial charge in [0.2, 0.25) is 7.44 Å². The van der Waals surface area contributed by atoms with E-state index in [1.807, 2.05) is 0 Å². The molecule has 0 spiro atoms. The van der Waals surface area contributed by atoms with Crippen molar-refractivity contribution in [3.05, 3.63) is 46.3 Å². The molecule has 0 N–H and O–H groups in total. The van der Waals surface area contributed by atoms with Gasteiger partial charge < -0.3 is 9.47 Å². The normalized spacial score (nSPS) is 20.2. The van der Waals surface area contributed by atoms with Crippen molar-refractivity contribution in [2.24, 2.45) is 0 Å². The highest BCUT2D eigenvalue weighted by Gasteiger charge is 2.42. The third-order valence-electron chi connectivity index (χ3n) is 5.85. The lowest BCUT2D eigenvalue weighted by molar-refractivity contribution is 0.0539. The van der Waals surface area contributed by atoms with Gasteiger partial charge in [-0.05, 0) is 56.2 Å². The molecule has 158 valence electrons. The second-order valence-electron chi connectivity index (χ2n) is 8.17. The van der Waals surface area contributed by atoms with Crippen LogP contribution in [0.1, 0.15) is 22.3 Å². The zero-order valence-electron chi connectivity index (χ0n) is 18.0. The van der Waals surface area contributed by atoms with Gasteiger partial charge in [-0.1, -0.05) is 25.2 Å². The van der Waals surface area contributed by atoms with Crippen molar-refractivity contribution in [3.63, 3.8) is 0 Å². The van der Waals surface area contributed by atoms with E-state index in [-0.39, 0.29) is 0 Å². The second kappa shape index (κ2) is 8.67. The molecule has 7 heteroatoms. The average molecular weight is 434 g/mol. The minimum Gasteiger partial charge on any atom is -0.379 e. The molecule has 0 radical (unpaired) electrons. The van der Waals surface area contributed by atoms with Crippen molar-refractivity contribution < 1.29 is 14.0 Å². The van der Waals surface area contributed by atoms with Crippen LogP contribution >= 0.6 is 15.0 Å². The van der Waals surface area contributed by atoms with Crippen molar-refractivity contribution in [3.8, 4) is 5.30 Å². The number of aryl methyl sites for hydroxylation is 4. The molecule has 0 bridgehead atoms. The molecule has 5 nitrogen and oxygen atoms in total. The smallest absolute Gasteiger partial charge is 0.250 e. The van der Waals surface area contributed by atoms with E-state index in [4.69, 9.17) is 9.47 Å². The van der Waals surface area contributed by atoms with Crippen molar-refractivity contribution >= 4 is 20.0 Å². The van der Waals surface area contributed by atoms with Crippen LogP contribution in [0.15, 0.2) is 24.0 Å². The Morgan fingerprint density at radius 3 is 1.76 bits per heavy atom. The molecule has 2 fully saturated rings. The zero-order valence-corrected chi connectivity index (χ0v) is 19.8. The van der Waals surface area contributed by atoms with Crippen LogP contribution in [0.4, 0.5) is 0 Å². The van der Waals surface area contributed by atoms with Gasteiger partial charge in [-0.15, -0.1) is 0 Å². The number of benzene rings is 1. The Balaban J connectivity index is 1.89. The van der Waals surface area contributed by atoms with E-state index in [2.05, 4.69) is 61.0 Å². The van der Waals surface area contributed by atoms with Gasteiger partial charge in [0, 0.05) is 31.5 Å². The van der Waals surface area contributed by atoms with Crippen molar-refractivity contribution in [1.29, 1.82) is 0 Å². The minimum atomic E-state index is -2.88. The first kappa shape index (κ1) is 21.3. The van der Waals surface area contributed by atoms with Crippen molar-refractivity contribution in [2.75, 3.05) is 52.6 Å². The monoisotopic (exact) mass is 434 g/mol. The molecule has 0 aliphatic carbocycles. The van der Waals surface area contributed by atoms with E-state index >= 15 is 0 Å². The van der Waals surface area contributed by atoms with Gasteiger partial charge in [0.05, 0.1) is 31.5 Å². The van der Waals surface area contributed by atoms with E-state index in [1.165, 1.54) is 27.6 Å². The molecular weight excluding hydrogens is 402 g/mol. The van der Waals surface area contributed by atoms with E-state index < -0.39 is 15.0 Å². The Morgan fingerprint density at radius 1 is 0.793 bits per heavy atom. The largest absolute Gasteiger partial charge is 0.379 e. The van der Waals surface area contributed by atoms with Crippen molar-refractivity contribution in [1.82, 2.24) is 9.34 Å². The summed E-state index contributed by atoms with van der Waals surface area (Å²) in [6.07, 6.45) is 0. The molecule has 1 atom stereocenters. The zero-order chi connectivity index (χ0) is 20.6. The van der Waals surface area contributed by atoms with Crippen LogP contribution < -0.4 is 5.04 Å². The number of rotatable bonds is 4. The topological polar surface area (TPSA) is 42.0 Å². The van der Waals surface area contributed by atoms with E-state index in [1.54, 1.807) is 0 Å². The number of nitrogens with zero attached hydrogens (tertiary/aromatic N) is 2. The fourth-order valence-corrected chi connectivity index (χ4v) is 11.9. The Labute approximate surface area is 175 Å². The van der Waals surface area contributed by atoms with Gasteiger partial charge in [-0.25, -0.2) is 9.34 Å². The molecule has 4 rings (SSSR count). The fraction of sp³-hybridized carbons (Fsp3) is 0.545. The molecule has 1 unspecified atom stereocenters. The van der Waals surface area contributed by atoms with Crippen LogP contribution in [0, 0.1) is 27.7 Å². The Bertz CT molecular complexity index is 883. The van der Waals surface area contributed by atoms with Crippen LogP contribution in [-0.2, 0) is 14.0 Å². The molecule has 1 aromatic heterocycles. The molecule has 0 saturated carbocycles. The van der Waals surface area contributed by atoms with Crippen molar-refractivity contribution in [2.45, 2.75) is 27.7 Å². The molecule has 1 aromatic carbocycles. The maximum atomic E-state index is 15.0. The van der Waals surface area contributed by atoms with Crippen LogP contribution in [0.2, 0.25) is 0 Å². The summed E-state index contributed by atoms with van der Waals surface area (Å²) < 4.78 is 30.6. The van der Waals surface area contributed by atoms with E-state index in [0.717, 1.165) is 31.2 Å². The fourth-order valence-electron chi connectivity index (χ4n) is 4.65. The Kier molecular flexibility index (Phi) is 6.37. The molecule has 3 heterocycles. The standard InChI is InChI=1S/C22H32N2O3P2/c1-17-13-19(3)22(20(4)14-17)28-16-18(2)15-21(28)29(25,23-5-9-26-10-6-23)24-7-11-27-12-8-24/h13-16H,5-12H2,1-4H3. The molecule has 2 aliphatic heterocycles. The van der Waals surface area contributed by atoms with Crippen LogP contribution in [0.3, 0.4) is 0 Å². The van der Waals surface area contributed by atoms with E-state index in [9.17, 15) is 4.57 Å². The number of morpholine rings is 2. The molecule has 2 aromatic rings. The minimum absolute atomic E-state index is 0.647. The highest BCUT2D eigenvalue weighted by molar-refractivity contribution is 7.82. The van der Waals surface area contributed by atoms with Crippen LogP contribution in [0.5, 0.6) is 0 Å². The summed E-state index contributed by atoms with van der Waals surface area (Å²) in [5.41, 5.74) is 5.13. The summed E-state index contributed by atoms with van der Waals surface area (Å²) in [4.78, 5) is 0. The molecule has 0 amide bonds. The van der Waals surface area contributed by atoms with Gasteiger partial charge in [0.1, 0.15) is 0 Å². The maximum absolute atomic E-state index is 15.0. The first-order chi connectivity index (χ1) is 13.9. The number of hydrogen-bond donors (Lipinski definition) is 0. The lowest BCUT2D eigenvalue weighted by Gasteiger charge is -2.42. The molecule has 29 heavy (non-hydrogen) atoms. The quantitative estimate of drug-likeness (QED) is 0.669. The summed E-state index contributed by atoms with van der Waals surface area (Å²) in [6.45, 7) is 14.2. The summed E-state index contributed by atoms with van der Waals surface area (Å²) in [5, 5.41) is 2.50. The Hall–Kier alpha value is -0.930. The highest BCUT2D eigenvalue weighted by atomic mass is 31.2. The lowest BCUT2D eigenvalue weighted by Crippen LogP contribution is -2.45. The summed E-state index contributed by atoms with van der Waals surface area (Å²) in [7, 11) is -3.65. The van der Waals surface area contributed by atoms with Gasteiger partial charge in [0.25, 0.3) is 0 Å². The number of ether oxygens (including phenoxy) is 2. The predicted octanol–water partition coefficient (Wildman–Crippen LogP) is 4.38. The third-order valence-corrected chi connectivity index (χ3v) is 12.8. The first-order valence-electron chi connectivity index (χ1n) is 10.5. The van der Waals surface area contributed by atoms with Gasteiger partial charge in [-0.2, -0.15) is 0 Å². The molecule has 2 saturated heterocycles. The molecule has 2 aliphatic rings. The maximum Gasteiger partial charge on any atom is 0.250 e. The van der Waals surface area contributed by atoms with Gasteiger partial charge in [0.15, 0.2) is 0 Å². The third kappa shape index (κ3) is 4.02. The SMILES string of the molecule is Cc1cc(C)c(-p2cc(C)cc2P(=O)(N2CCOCC2)N2CCOCC2)c(C)c1. The predicted molar refractivity (Wildman–Crippen MR) is 121 cm³/mol. The summed E-state index contributed by atoms with van der Waals surface area (Å²) in [6, 6.07) is 6.74. The second-order valence-corrected chi connectivity index (χ2v) is 13.2. The highest BCUT2D eigenvalue weighted by Crippen LogP contribution is 2.60. The van der Waals surface area contributed by atoms with Gasteiger partial charge in [-0.3, -0.25) is 4.57 Å². The molecular formula is C22H32N2O3P2. The Morgan fingerprint density at radius 2 is 1.28 bits per heavy atom. The van der Waals surface area contributed by atoms with Crippen LogP contribution in [0.25, 0.3) is 5.30 Å². The number of hydrogen-bond acceptors (Lipinski definition) is 3. The average Bonchev–Trinajstić information content (AvgIpc) is 3.09. The lowest BCUT2D eigenvalue weighted by atomic mass is 10.1. The summed E-state index contributed by atoms with van der Waals surface area (Å²) in [5.74, 6) is 2.36. The first-order valence-corrected chi connectivity index (χ1v) is 13.5. The van der Waals surface area contributed by atoms with Gasteiger partial charge >= 0.3 is 0 Å².